The molecule has 3 aromatic rings. The molecular weight excluding hydrogens is 490 g/mol. The monoisotopic (exact) mass is 527 g/mol. The van der Waals surface area contributed by atoms with Crippen molar-refractivity contribution in [2.45, 2.75) is 65.6 Å². The Balaban J connectivity index is 1.95. The quantitative estimate of drug-likeness (QED) is 0.375. The highest BCUT2D eigenvalue weighted by atomic mass is 16.6. The van der Waals surface area contributed by atoms with Gasteiger partial charge in [-0.15, -0.1) is 0 Å². The van der Waals surface area contributed by atoms with Crippen LogP contribution in [0, 0.1) is 6.92 Å². The van der Waals surface area contributed by atoms with Gasteiger partial charge in [-0.1, -0.05) is 42.4 Å². The molecule has 11 nitrogen and oxygen atoms in total. The van der Waals surface area contributed by atoms with Gasteiger partial charge in [0.1, 0.15) is 23.4 Å². The third-order valence-electron chi connectivity index (χ3n) is 5.87. The van der Waals surface area contributed by atoms with E-state index >= 15 is 0 Å². The number of amides is 2. The molecule has 0 radical (unpaired) electrons. The van der Waals surface area contributed by atoms with Gasteiger partial charge in [0.25, 0.3) is 11.3 Å². The highest BCUT2D eigenvalue weighted by molar-refractivity contribution is 5.78. The Bertz CT molecular complexity index is 1300. The summed E-state index contributed by atoms with van der Waals surface area (Å²) < 4.78 is 17.4. The predicted molar refractivity (Wildman–Crippen MR) is 142 cm³/mol. The lowest BCUT2D eigenvalue weighted by Gasteiger charge is -2.32. The molecule has 206 valence electrons. The van der Waals surface area contributed by atoms with E-state index in [1.165, 1.54) is 7.11 Å². The zero-order chi connectivity index (χ0) is 27.9. The fraction of sp³-hybridized carbons (Fsp3) is 0.519. The fourth-order valence-electron chi connectivity index (χ4n) is 4.21. The molecule has 0 aliphatic rings. The molecule has 3 rings (SSSR count). The Morgan fingerprint density at radius 3 is 2.55 bits per heavy atom. The minimum absolute atomic E-state index is 0.135. The summed E-state index contributed by atoms with van der Waals surface area (Å²) >= 11 is 0. The van der Waals surface area contributed by atoms with Crippen LogP contribution >= 0.6 is 0 Å². The third-order valence-corrected chi connectivity index (χ3v) is 5.87. The minimum Gasteiger partial charge on any atom is -0.444 e. The van der Waals surface area contributed by atoms with Crippen molar-refractivity contribution >= 4 is 23.1 Å². The molecule has 0 aliphatic carbocycles. The molecule has 0 aliphatic heterocycles. The number of nitrogens with one attached hydrogen (secondary N) is 1. The number of fused-ring (bicyclic) bond motifs is 1. The number of carbonyl (C=O) groups excluding carboxylic acids is 2. The first-order chi connectivity index (χ1) is 18.1. The van der Waals surface area contributed by atoms with Crippen LogP contribution in [0.3, 0.4) is 0 Å². The zero-order valence-corrected chi connectivity index (χ0v) is 22.9. The first-order valence-electron chi connectivity index (χ1n) is 12.7. The highest BCUT2D eigenvalue weighted by Crippen LogP contribution is 2.26. The summed E-state index contributed by atoms with van der Waals surface area (Å²) in [4.78, 5) is 45.2. The molecule has 2 aromatic heterocycles. The second-order valence-corrected chi connectivity index (χ2v) is 10.0. The van der Waals surface area contributed by atoms with Gasteiger partial charge in [-0.05, 0) is 46.1 Å². The van der Waals surface area contributed by atoms with Crippen molar-refractivity contribution in [3.05, 3.63) is 57.8 Å². The van der Waals surface area contributed by atoms with Crippen molar-refractivity contribution in [2.24, 2.45) is 0 Å². The Kier molecular flexibility index (Phi) is 9.62. The van der Waals surface area contributed by atoms with Crippen LogP contribution in [-0.2, 0) is 20.8 Å². The SMILES string of the molecule is CCC(c1nc2onc(C)c2c(=O)n1Cc1ccccc1)N(CCCNC(=O)OC(C)(C)C)C(=O)COC. The van der Waals surface area contributed by atoms with Crippen molar-refractivity contribution < 1.29 is 23.6 Å². The summed E-state index contributed by atoms with van der Waals surface area (Å²) in [7, 11) is 1.45. The van der Waals surface area contributed by atoms with Gasteiger partial charge in [0, 0.05) is 20.2 Å². The number of methoxy groups -OCH3 is 1. The number of hydrogen-bond acceptors (Lipinski definition) is 8. The summed E-state index contributed by atoms with van der Waals surface area (Å²) in [5.74, 6) is 0.139. The maximum Gasteiger partial charge on any atom is 0.407 e. The van der Waals surface area contributed by atoms with E-state index in [2.05, 4.69) is 10.5 Å². The second-order valence-electron chi connectivity index (χ2n) is 10.0. The number of carbonyl (C=O) groups is 2. The van der Waals surface area contributed by atoms with E-state index in [9.17, 15) is 14.4 Å². The summed E-state index contributed by atoms with van der Waals surface area (Å²) in [5, 5.41) is 6.97. The average Bonchev–Trinajstić information content (AvgIpc) is 3.23. The molecule has 1 N–H and O–H groups in total. The Morgan fingerprint density at radius 1 is 1.21 bits per heavy atom. The average molecular weight is 528 g/mol. The van der Waals surface area contributed by atoms with Crippen molar-refractivity contribution in [2.75, 3.05) is 26.8 Å². The normalized spacial score (nSPS) is 12.4. The molecule has 0 spiro atoms. The smallest absolute Gasteiger partial charge is 0.407 e. The van der Waals surface area contributed by atoms with E-state index in [1.54, 1.807) is 37.2 Å². The number of ether oxygens (including phenoxy) is 2. The number of alkyl carbamates (subject to hydrolysis) is 1. The molecule has 0 fully saturated rings. The summed E-state index contributed by atoms with van der Waals surface area (Å²) in [6.45, 7) is 9.72. The summed E-state index contributed by atoms with van der Waals surface area (Å²) in [5.41, 5.74) is 0.619. The molecule has 2 amide bonds. The maximum atomic E-state index is 13.7. The standard InChI is InChI=1S/C27H37N5O6/c1-7-20(31(21(33)17-36-6)15-11-14-28-26(35)37-27(3,4)5)23-29-24-22(18(2)30-38-24)25(34)32(23)16-19-12-9-8-10-13-19/h8-10,12-13,20H,7,11,14-17H2,1-6H3,(H,28,35). The largest absolute Gasteiger partial charge is 0.444 e. The van der Waals surface area contributed by atoms with Crippen molar-refractivity contribution in [1.82, 2.24) is 24.9 Å². The first kappa shape index (κ1) is 28.8. The number of aryl methyl sites for hydroxylation is 1. The van der Waals surface area contributed by atoms with Gasteiger partial charge in [-0.2, -0.15) is 4.98 Å². The lowest BCUT2D eigenvalue weighted by atomic mass is 10.1. The summed E-state index contributed by atoms with van der Waals surface area (Å²) in [6, 6.07) is 9.02. The van der Waals surface area contributed by atoms with Gasteiger partial charge in [-0.3, -0.25) is 14.2 Å². The van der Waals surface area contributed by atoms with Gasteiger partial charge in [-0.25, -0.2) is 4.79 Å². The minimum atomic E-state index is -0.607. The molecule has 11 heteroatoms. The van der Waals surface area contributed by atoms with Gasteiger partial charge >= 0.3 is 6.09 Å². The molecule has 0 saturated carbocycles. The van der Waals surface area contributed by atoms with Crippen molar-refractivity contribution in [1.29, 1.82) is 0 Å². The molecule has 38 heavy (non-hydrogen) atoms. The highest BCUT2D eigenvalue weighted by Gasteiger charge is 2.29. The van der Waals surface area contributed by atoms with Crippen LogP contribution < -0.4 is 10.9 Å². The van der Waals surface area contributed by atoms with Crippen LogP contribution in [0.1, 0.15) is 63.7 Å². The molecule has 1 unspecified atom stereocenters. The van der Waals surface area contributed by atoms with Crippen LogP contribution in [0.25, 0.3) is 11.1 Å². The molecular formula is C27H37N5O6. The van der Waals surface area contributed by atoms with Gasteiger partial charge in [0.15, 0.2) is 0 Å². The first-order valence-corrected chi connectivity index (χ1v) is 12.7. The fourth-order valence-corrected chi connectivity index (χ4v) is 4.21. The topological polar surface area (TPSA) is 129 Å². The van der Waals surface area contributed by atoms with E-state index in [-0.39, 0.29) is 30.3 Å². The lowest BCUT2D eigenvalue weighted by Crippen LogP contribution is -2.42. The van der Waals surface area contributed by atoms with Gasteiger partial charge in [0.2, 0.25) is 5.91 Å². The van der Waals surface area contributed by atoms with Crippen molar-refractivity contribution in [3.8, 4) is 0 Å². The Labute approximate surface area is 222 Å². The van der Waals surface area contributed by atoms with E-state index in [0.717, 1.165) is 5.56 Å². The maximum absolute atomic E-state index is 13.7. The molecule has 1 aromatic carbocycles. The predicted octanol–water partition coefficient (Wildman–Crippen LogP) is 3.58. The number of aromatic nitrogens is 3. The van der Waals surface area contributed by atoms with Crippen LogP contribution in [0.4, 0.5) is 4.79 Å². The van der Waals surface area contributed by atoms with Crippen LogP contribution in [0.2, 0.25) is 0 Å². The van der Waals surface area contributed by atoms with E-state index < -0.39 is 17.7 Å². The summed E-state index contributed by atoms with van der Waals surface area (Å²) in [6.07, 6.45) is 0.413. The van der Waals surface area contributed by atoms with Gasteiger partial charge < -0.3 is 24.2 Å². The number of benzene rings is 1. The van der Waals surface area contributed by atoms with E-state index in [4.69, 9.17) is 19.0 Å². The zero-order valence-electron chi connectivity index (χ0n) is 22.9. The van der Waals surface area contributed by atoms with Crippen LogP contribution in [0.15, 0.2) is 39.6 Å². The Morgan fingerprint density at radius 2 is 1.92 bits per heavy atom. The number of hydrogen-bond donors (Lipinski definition) is 1. The van der Waals surface area contributed by atoms with E-state index in [1.807, 2.05) is 37.3 Å². The van der Waals surface area contributed by atoms with Crippen LogP contribution in [0.5, 0.6) is 0 Å². The number of nitrogens with zero attached hydrogens (tertiary/aromatic N) is 4. The number of rotatable bonds is 11. The molecule has 1 atom stereocenters. The third kappa shape index (κ3) is 7.18. The van der Waals surface area contributed by atoms with E-state index in [0.29, 0.717) is 42.8 Å². The van der Waals surface area contributed by atoms with Crippen LogP contribution in [-0.4, -0.2) is 64.0 Å². The second kappa shape index (κ2) is 12.7. The molecule has 0 saturated heterocycles. The molecule has 2 heterocycles. The Hall–Kier alpha value is -3.73. The van der Waals surface area contributed by atoms with Gasteiger partial charge in [0.05, 0.1) is 18.3 Å². The molecule has 0 bridgehead atoms. The van der Waals surface area contributed by atoms with Crippen molar-refractivity contribution in [3.63, 3.8) is 0 Å². The lowest BCUT2D eigenvalue weighted by molar-refractivity contribution is -0.138.